The molecule has 1 aromatic rings. The van der Waals surface area contributed by atoms with Gasteiger partial charge in [0.2, 0.25) is 0 Å². The molecule has 0 aliphatic heterocycles. The van der Waals surface area contributed by atoms with Crippen LogP contribution >= 0.6 is 11.6 Å². The largest absolute Gasteiger partial charge is 0.481 e. The lowest BCUT2D eigenvalue weighted by atomic mass is 10.1. The summed E-state index contributed by atoms with van der Waals surface area (Å²) in [4.78, 5) is 18.1. The van der Waals surface area contributed by atoms with Crippen molar-refractivity contribution in [1.29, 1.82) is 0 Å². The van der Waals surface area contributed by atoms with E-state index in [9.17, 15) is 4.79 Å². The summed E-state index contributed by atoms with van der Waals surface area (Å²) < 4.78 is 0. The van der Waals surface area contributed by atoms with Gasteiger partial charge in [-0.1, -0.05) is 11.6 Å². The summed E-state index contributed by atoms with van der Waals surface area (Å²) in [5, 5.41) is 8.78. The molecule has 0 amide bonds. The Hall–Kier alpha value is -1.16. The highest BCUT2D eigenvalue weighted by atomic mass is 35.5. The van der Waals surface area contributed by atoms with E-state index < -0.39 is 11.9 Å². The maximum Gasteiger partial charge on any atom is 0.312 e. The zero-order chi connectivity index (χ0) is 9.14. The van der Waals surface area contributed by atoms with E-state index in [2.05, 4.69) is 9.97 Å². The zero-order valence-corrected chi connectivity index (χ0v) is 7.12. The van der Waals surface area contributed by atoms with Gasteiger partial charge in [-0.15, -0.1) is 0 Å². The molecule has 64 valence electrons. The second kappa shape index (κ2) is 3.49. The highest BCUT2D eigenvalue weighted by molar-refractivity contribution is 6.30. The molecule has 0 aliphatic rings. The molecule has 4 nitrogen and oxygen atoms in total. The van der Waals surface area contributed by atoms with E-state index in [-0.39, 0.29) is 5.15 Å². The molecular formula is C7H7ClN2O2. The molecule has 1 rings (SSSR count). The molecule has 5 heteroatoms. The van der Waals surface area contributed by atoms with Crippen molar-refractivity contribution in [3.05, 3.63) is 23.2 Å². The molecule has 0 aliphatic carbocycles. The van der Waals surface area contributed by atoms with Crippen molar-refractivity contribution < 1.29 is 9.90 Å². The number of aliphatic carboxylic acids is 1. The monoisotopic (exact) mass is 186 g/mol. The summed E-state index contributed by atoms with van der Waals surface area (Å²) in [5.74, 6) is -1.68. The number of hydrogen-bond donors (Lipinski definition) is 1. The van der Waals surface area contributed by atoms with Crippen LogP contribution in [0.1, 0.15) is 18.5 Å². The van der Waals surface area contributed by atoms with Gasteiger partial charge in [-0.2, -0.15) is 0 Å². The van der Waals surface area contributed by atoms with E-state index in [0.717, 1.165) is 0 Å². The smallest absolute Gasteiger partial charge is 0.312 e. The number of hydrogen-bond acceptors (Lipinski definition) is 3. The third-order valence-corrected chi connectivity index (χ3v) is 1.75. The summed E-state index contributed by atoms with van der Waals surface area (Å²) in [6.07, 6.45) is 2.83. The van der Waals surface area contributed by atoms with Crippen molar-refractivity contribution in [3.63, 3.8) is 0 Å². The van der Waals surface area contributed by atoms with E-state index in [4.69, 9.17) is 16.7 Å². The van der Waals surface area contributed by atoms with Crippen LogP contribution in [0.2, 0.25) is 5.15 Å². The molecule has 0 fully saturated rings. The van der Waals surface area contributed by atoms with Crippen LogP contribution in [0.3, 0.4) is 0 Å². The fourth-order valence-corrected chi connectivity index (χ4v) is 1.01. The Morgan fingerprint density at radius 3 is 2.67 bits per heavy atom. The molecular weight excluding hydrogens is 180 g/mol. The van der Waals surface area contributed by atoms with Crippen LogP contribution in [0.5, 0.6) is 0 Å². The summed E-state index contributed by atoms with van der Waals surface area (Å²) in [6, 6.07) is 0. The standard InChI is InChI=1S/C7H7ClN2O2/c1-4(7(11)12)5-6(8)10-3-2-9-5/h2-4H,1H3,(H,11,12). The van der Waals surface area contributed by atoms with Gasteiger partial charge in [0.05, 0.1) is 11.6 Å². The highest BCUT2D eigenvalue weighted by Gasteiger charge is 2.18. The van der Waals surface area contributed by atoms with Crippen molar-refractivity contribution in [2.45, 2.75) is 12.8 Å². The zero-order valence-electron chi connectivity index (χ0n) is 6.36. The van der Waals surface area contributed by atoms with Gasteiger partial charge in [0.25, 0.3) is 0 Å². The van der Waals surface area contributed by atoms with Gasteiger partial charge in [0.15, 0.2) is 5.15 Å². The van der Waals surface area contributed by atoms with Gasteiger partial charge >= 0.3 is 5.97 Å². The van der Waals surface area contributed by atoms with Gasteiger partial charge < -0.3 is 5.11 Å². The number of carboxylic acid groups (broad SMARTS) is 1. The Labute approximate surface area is 74.2 Å². The summed E-state index contributed by atoms with van der Waals surface area (Å²) in [7, 11) is 0. The molecule has 0 radical (unpaired) electrons. The Morgan fingerprint density at radius 1 is 1.58 bits per heavy atom. The van der Waals surface area contributed by atoms with Crippen molar-refractivity contribution >= 4 is 17.6 Å². The first-order chi connectivity index (χ1) is 5.63. The number of rotatable bonds is 2. The van der Waals surface area contributed by atoms with Crippen molar-refractivity contribution in [3.8, 4) is 0 Å². The maximum atomic E-state index is 10.5. The van der Waals surface area contributed by atoms with Gasteiger partial charge in [-0.05, 0) is 6.92 Å². The van der Waals surface area contributed by atoms with Crippen LogP contribution in [-0.4, -0.2) is 21.0 Å². The predicted octanol–water partition coefficient (Wildman–Crippen LogP) is 1.32. The minimum absolute atomic E-state index is 0.146. The van der Waals surface area contributed by atoms with Crippen LogP contribution in [0.4, 0.5) is 0 Å². The normalized spacial score (nSPS) is 12.5. The van der Waals surface area contributed by atoms with Gasteiger partial charge in [0.1, 0.15) is 0 Å². The van der Waals surface area contributed by atoms with E-state index in [1.165, 1.54) is 19.3 Å². The van der Waals surface area contributed by atoms with E-state index >= 15 is 0 Å². The summed E-state index contributed by atoms with van der Waals surface area (Å²) in [5.41, 5.74) is 0.298. The van der Waals surface area contributed by atoms with Gasteiger partial charge in [-0.3, -0.25) is 9.78 Å². The second-order valence-corrected chi connectivity index (χ2v) is 2.65. The summed E-state index contributed by atoms with van der Waals surface area (Å²) in [6.45, 7) is 1.51. The second-order valence-electron chi connectivity index (χ2n) is 2.29. The molecule has 1 atom stereocenters. The molecule has 0 saturated carbocycles. The van der Waals surface area contributed by atoms with Crippen LogP contribution < -0.4 is 0 Å². The van der Waals surface area contributed by atoms with Crippen LogP contribution in [-0.2, 0) is 4.79 Å². The quantitative estimate of drug-likeness (QED) is 0.757. The van der Waals surface area contributed by atoms with Crippen LogP contribution in [0.25, 0.3) is 0 Å². The molecule has 1 aromatic heterocycles. The Balaban J connectivity index is 3.02. The minimum Gasteiger partial charge on any atom is -0.481 e. The molecule has 12 heavy (non-hydrogen) atoms. The minimum atomic E-state index is -0.961. The fraction of sp³-hybridized carbons (Fsp3) is 0.286. The molecule has 1 N–H and O–H groups in total. The lowest BCUT2D eigenvalue weighted by Gasteiger charge is -2.05. The number of carboxylic acids is 1. The molecule has 0 spiro atoms. The Morgan fingerprint density at radius 2 is 2.17 bits per heavy atom. The third kappa shape index (κ3) is 1.71. The third-order valence-electron chi connectivity index (χ3n) is 1.46. The lowest BCUT2D eigenvalue weighted by Crippen LogP contribution is -2.10. The Kier molecular flexibility index (Phi) is 2.60. The number of carbonyl (C=O) groups is 1. The highest BCUT2D eigenvalue weighted by Crippen LogP contribution is 2.18. The summed E-state index contributed by atoms with van der Waals surface area (Å²) >= 11 is 5.63. The van der Waals surface area contributed by atoms with Gasteiger partial charge in [-0.25, -0.2) is 4.98 Å². The first-order valence-corrected chi connectivity index (χ1v) is 3.70. The van der Waals surface area contributed by atoms with E-state index in [0.29, 0.717) is 5.69 Å². The fourth-order valence-electron chi connectivity index (χ4n) is 0.739. The van der Waals surface area contributed by atoms with E-state index in [1.807, 2.05) is 0 Å². The molecule has 0 bridgehead atoms. The topological polar surface area (TPSA) is 63.1 Å². The van der Waals surface area contributed by atoms with Crippen molar-refractivity contribution in [2.75, 3.05) is 0 Å². The van der Waals surface area contributed by atoms with Gasteiger partial charge in [0, 0.05) is 12.4 Å². The first kappa shape index (κ1) is 8.93. The average Bonchev–Trinajstić information content (AvgIpc) is 2.04. The number of nitrogens with zero attached hydrogens (tertiary/aromatic N) is 2. The molecule has 0 saturated heterocycles. The molecule has 1 unspecified atom stereocenters. The Bertz CT molecular complexity index is 303. The lowest BCUT2D eigenvalue weighted by molar-refractivity contribution is -0.138. The van der Waals surface area contributed by atoms with Crippen LogP contribution in [0, 0.1) is 0 Å². The number of aromatic nitrogens is 2. The molecule has 0 aromatic carbocycles. The van der Waals surface area contributed by atoms with Crippen molar-refractivity contribution in [1.82, 2.24) is 9.97 Å². The first-order valence-electron chi connectivity index (χ1n) is 3.32. The SMILES string of the molecule is CC(C(=O)O)c1nccnc1Cl. The van der Waals surface area contributed by atoms with E-state index in [1.54, 1.807) is 0 Å². The predicted molar refractivity (Wildman–Crippen MR) is 43.1 cm³/mol. The molecule has 1 heterocycles. The van der Waals surface area contributed by atoms with Crippen LogP contribution in [0.15, 0.2) is 12.4 Å². The number of halogens is 1. The average molecular weight is 187 g/mol. The van der Waals surface area contributed by atoms with Crippen molar-refractivity contribution in [2.24, 2.45) is 0 Å². The maximum absolute atomic E-state index is 10.5.